The molecule has 1 aliphatic heterocycles. The van der Waals surface area contributed by atoms with Crippen LogP contribution in [0.25, 0.3) is 5.69 Å². The number of ether oxygens (including phenoxy) is 2. The third-order valence-corrected chi connectivity index (χ3v) is 4.22. The van der Waals surface area contributed by atoms with Gasteiger partial charge in [-0.25, -0.2) is 4.79 Å². The van der Waals surface area contributed by atoms with Gasteiger partial charge >= 0.3 is 5.97 Å². The van der Waals surface area contributed by atoms with Gasteiger partial charge in [0.1, 0.15) is 11.4 Å². The van der Waals surface area contributed by atoms with Crippen LogP contribution in [0.15, 0.2) is 29.5 Å². The van der Waals surface area contributed by atoms with E-state index in [2.05, 4.69) is 20.8 Å². The van der Waals surface area contributed by atoms with Crippen molar-refractivity contribution >= 4 is 17.6 Å². The number of nitrogens with zero attached hydrogens (tertiary/aromatic N) is 5. The van der Waals surface area contributed by atoms with Gasteiger partial charge in [0.15, 0.2) is 5.82 Å². The lowest BCUT2D eigenvalue weighted by Gasteiger charge is -2.15. The number of aliphatic hydroxyl groups excluding tert-OH is 1. The summed E-state index contributed by atoms with van der Waals surface area (Å²) in [6.45, 7) is 1.70. The third-order valence-electron chi connectivity index (χ3n) is 4.22. The van der Waals surface area contributed by atoms with Gasteiger partial charge in [-0.15, -0.1) is 5.10 Å². The molecule has 1 amide bonds. The first-order chi connectivity index (χ1) is 13.5. The highest BCUT2D eigenvalue weighted by Crippen LogP contribution is 2.27. The number of rotatable bonds is 7. The molecule has 11 nitrogen and oxygen atoms in total. The van der Waals surface area contributed by atoms with Gasteiger partial charge in [-0.3, -0.25) is 4.79 Å². The second kappa shape index (κ2) is 8.05. The van der Waals surface area contributed by atoms with Crippen LogP contribution in [0.3, 0.4) is 0 Å². The van der Waals surface area contributed by atoms with Crippen molar-refractivity contribution in [1.82, 2.24) is 25.1 Å². The number of β-amino-alcohol motifs (C(OH)–C–C–N with tert-alkyl or cyclic N) is 1. The first-order valence-electron chi connectivity index (χ1n) is 8.41. The lowest BCUT2D eigenvalue weighted by Crippen LogP contribution is -2.31. The summed E-state index contributed by atoms with van der Waals surface area (Å²) in [7, 11) is 2.76. The zero-order valence-electron chi connectivity index (χ0n) is 15.7. The number of aromatic nitrogens is 4. The van der Waals surface area contributed by atoms with E-state index in [0.29, 0.717) is 22.9 Å². The Hall–Kier alpha value is -3.47. The molecule has 3 rings (SSSR count). The minimum absolute atomic E-state index is 0.0529. The Morgan fingerprint density at radius 1 is 1.32 bits per heavy atom. The fourth-order valence-corrected chi connectivity index (χ4v) is 2.86. The van der Waals surface area contributed by atoms with Crippen molar-refractivity contribution in [2.45, 2.75) is 6.92 Å². The number of aliphatic hydroxyl groups is 1. The Morgan fingerprint density at radius 3 is 2.71 bits per heavy atom. The molecule has 1 aromatic carbocycles. The molecule has 11 heteroatoms. The summed E-state index contributed by atoms with van der Waals surface area (Å²) in [5, 5.41) is 23.5. The molecule has 0 radical (unpaired) electrons. The molecule has 0 fully saturated rings. The number of nitrogens with one attached hydrogen (secondary N) is 1. The van der Waals surface area contributed by atoms with Gasteiger partial charge in [-0.1, -0.05) is 0 Å². The Labute approximate surface area is 160 Å². The van der Waals surface area contributed by atoms with E-state index in [1.54, 1.807) is 25.1 Å². The molecule has 28 heavy (non-hydrogen) atoms. The summed E-state index contributed by atoms with van der Waals surface area (Å²) in [5.74, 6) is 0.0562. The van der Waals surface area contributed by atoms with E-state index in [4.69, 9.17) is 14.6 Å². The van der Waals surface area contributed by atoms with E-state index in [1.165, 1.54) is 23.8 Å². The predicted molar refractivity (Wildman–Crippen MR) is 96.8 cm³/mol. The van der Waals surface area contributed by atoms with Crippen molar-refractivity contribution in [1.29, 1.82) is 0 Å². The Morgan fingerprint density at radius 2 is 2.11 bits per heavy atom. The molecular weight excluding hydrogens is 368 g/mol. The number of hydrogen-bond acceptors (Lipinski definition) is 9. The molecule has 0 bridgehead atoms. The molecule has 0 saturated carbocycles. The van der Waals surface area contributed by atoms with Gasteiger partial charge in [0, 0.05) is 24.4 Å². The van der Waals surface area contributed by atoms with Crippen LogP contribution in [0.2, 0.25) is 0 Å². The summed E-state index contributed by atoms with van der Waals surface area (Å²) in [5.41, 5.74) is 1.39. The molecule has 2 heterocycles. The summed E-state index contributed by atoms with van der Waals surface area (Å²) >= 11 is 0. The average Bonchev–Trinajstić information content (AvgIpc) is 3.26. The van der Waals surface area contributed by atoms with Gasteiger partial charge in [-0.05, 0) is 23.4 Å². The molecule has 0 saturated heterocycles. The number of carbonyl (C=O) groups excluding carboxylic acids is 2. The SMILES string of the molecule is COC(=O)C1=C(Nc2cc(OC)cc(-n3nnnc3C)c2)C(=O)N(CCO)C1. The normalized spacial score (nSPS) is 13.9. The maximum atomic E-state index is 12.7. The summed E-state index contributed by atoms with van der Waals surface area (Å²) in [6, 6.07) is 5.13. The molecule has 148 valence electrons. The summed E-state index contributed by atoms with van der Waals surface area (Å²) in [4.78, 5) is 26.1. The molecular formula is C17H20N6O5. The molecule has 1 aliphatic rings. The standard InChI is InChI=1S/C17H20N6O5/c1-10-19-20-21-23(10)12-6-11(7-13(8-12)27-2)18-15-14(17(26)28-3)9-22(4-5-24)16(15)25/h6-8,18,24H,4-5,9H2,1-3H3. The smallest absolute Gasteiger partial charge is 0.337 e. The van der Waals surface area contributed by atoms with Crippen LogP contribution < -0.4 is 10.1 Å². The van der Waals surface area contributed by atoms with Gasteiger partial charge in [0.2, 0.25) is 0 Å². The number of anilines is 1. The third kappa shape index (κ3) is 3.64. The molecule has 0 aliphatic carbocycles. The predicted octanol–water partition coefficient (Wildman–Crippen LogP) is -0.347. The summed E-state index contributed by atoms with van der Waals surface area (Å²) in [6.07, 6.45) is 0. The number of carbonyl (C=O) groups is 2. The molecule has 0 unspecified atom stereocenters. The number of tetrazole rings is 1. The van der Waals surface area contributed by atoms with E-state index >= 15 is 0 Å². The van der Waals surface area contributed by atoms with Crippen LogP contribution in [0, 0.1) is 6.92 Å². The number of hydrogen-bond donors (Lipinski definition) is 2. The lowest BCUT2D eigenvalue weighted by atomic mass is 10.2. The maximum absolute atomic E-state index is 12.7. The Kier molecular flexibility index (Phi) is 5.54. The van der Waals surface area contributed by atoms with Crippen LogP contribution in [0.4, 0.5) is 5.69 Å². The van der Waals surface area contributed by atoms with Crippen molar-refractivity contribution in [3.63, 3.8) is 0 Å². The summed E-state index contributed by atoms with van der Waals surface area (Å²) < 4.78 is 11.6. The van der Waals surface area contributed by atoms with E-state index < -0.39 is 11.9 Å². The molecule has 2 aromatic rings. The van der Waals surface area contributed by atoms with E-state index in [-0.39, 0.29) is 31.0 Å². The maximum Gasteiger partial charge on any atom is 0.337 e. The molecule has 0 spiro atoms. The number of methoxy groups -OCH3 is 2. The van der Waals surface area contributed by atoms with Gasteiger partial charge < -0.3 is 24.8 Å². The zero-order chi connectivity index (χ0) is 20.3. The van der Waals surface area contributed by atoms with Crippen LogP contribution in [-0.2, 0) is 14.3 Å². The van der Waals surface area contributed by atoms with E-state index in [0.717, 1.165) is 0 Å². The minimum atomic E-state index is -0.615. The van der Waals surface area contributed by atoms with E-state index in [1.807, 2.05) is 0 Å². The fourth-order valence-electron chi connectivity index (χ4n) is 2.86. The lowest BCUT2D eigenvalue weighted by molar-refractivity contribution is -0.136. The topological polar surface area (TPSA) is 132 Å². The number of aryl methyl sites for hydroxylation is 1. The number of esters is 1. The molecule has 2 N–H and O–H groups in total. The van der Waals surface area contributed by atoms with Crippen LogP contribution in [0.1, 0.15) is 5.82 Å². The van der Waals surface area contributed by atoms with Crippen LogP contribution in [0.5, 0.6) is 5.75 Å². The molecule has 0 atom stereocenters. The van der Waals surface area contributed by atoms with Crippen molar-refractivity contribution in [2.24, 2.45) is 0 Å². The Bertz CT molecular complexity index is 938. The van der Waals surface area contributed by atoms with Crippen molar-refractivity contribution in [2.75, 3.05) is 39.2 Å². The van der Waals surface area contributed by atoms with E-state index in [9.17, 15) is 9.59 Å². The first kappa shape index (κ1) is 19.3. The van der Waals surface area contributed by atoms with Crippen molar-refractivity contribution in [3.8, 4) is 11.4 Å². The van der Waals surface area contributed by atoms with Crippen LogP contribution >= 0.6 is 0 Å². The minimum Gasteiger partial charge on any atom is -0.497 e. The quantitative estimate of drug-likeness (QED) is 0.611. The Balaban J connectivity index is 2.00. The number of amides is 1. The first-order valence-corrected chi connectivity index (χ1v) is 8.41. The monoisotopic (exact) mass is 388 g/mol. The largest absolute Gasteiger partial charge is 0.497 e. The second-order valence-corrected chi connectivity index (χ2v) is 5.98. The van der Waals surface area contributed by atoms with Crippen LogP contribution in [-0.4, -0.2) is 76.0 Å². The van der Waals surface area contributed by atoms with Gasteiger partial charge in [0.25, 0.3) is 5.91 Å². The highest BCUT2D eigenvalue weighted by molar-refractivity contribution is 6.08. The van der Waals surface area contributed by atoms with Crippen molar-refractivity contribution in [3.05, 3.63) is 35.3 Å². The van der Waals surface area contributed by atoms with Crippen molar-refractivity contribution < 1.29 is 24.2 Å². The fraction of sp³-hybridized carbons (Fsp3) is 0.353. The average molecular weight is 388 g/mol. The second-order valence-electron chi connectivity index (χ2n) is 5.98. The van der Waals surface area contributed by atoms with Gasteiger partial charge in [-0.2, -0.15) is 4.68 Å². The highest BCUT2D eigenvalue weighted by Gasteiger charge is 2.34. The zero-order valence-corrected chi connectivity index (χ0v) is 15.7. The number of benzene rings is 1. The molecule has 1 aromatic heterocycles. The van der Waals surface area contributed by atoms with Gasteiger partial charge in [0.05, 0.1) is 38.6 Å². The highest BCUT2D eigenvalue weighted by atomic mass is 16.5.